The second-order valence-corrected chi connectivity index (χ2v) is 4.45. The molecular weight excluding hydrogens is 229 g/mol. The van der Waals surface area contributed by atoms with E-state index in [2.05, 4.69) is 5.32 Å². The average Bonchev–Trinajstić information content (AvgIpc) is 2.76. The van der Waals surface area contributed by atoms with Crippen LogP contribution in [0.5, 0.6) is 0 Å². The third-order valence-corrected chi connectivity index (χ3v) is 2.97. The highest BCUT2D eigenvalue weighted by Gasteiger charge is 2.17. The molecule has 0 fully saturated rings. The van der Waals surface area contributed by atoms with Gasteiger partial charge in [0.1, 0.15) is 17.3 Å². The van der Waals surface area contributed by atoms with E-state index in [0.29, 0.717) is 5.56 Å². The molecule has 18 heavy (non-hydrogen) atoms. The number of halogens is 1. The Bertz CT molecular complexity index is 533. The van der Waals surface area contributed by atoms with Crippen LogP contribution in [0.4, 0.5) is 4.39 Å². The first-order valence-electron chi connectivity index (χ1n) is 6.17. The Balaban J connectivity index is 2.37. The molecule has 2 rings (SSSR count). The molecule has 0 amide bonds. The summed E-state index contributed by atoms with van der Waals surface area (Å²) in [5.74, 6) is 1.57. The maximum absolute atomic E-state index is 13.3. The smallest absolute Gasteiger partial charge is 0.126 e. The van der Waals surface area contributed by atoms with E-state index < -0.39 is 0 Å². The van der Waals surface area contributed by atoms with Gasteiger partial charge in [0.05, 0.1) is 6.04 Å². The fourth-order valence-electron chi connectivity index (χ4n) is 2.04. The summed E-state index contributed by atoms with van der Waals surface area (Å²) in [6.07, 6.45) is 0. The van der Waals surface area contributed by atoms with Crippen LogP contribution in [0.1, 0.15) is 35.6 Å². The Labute approximate surface area is 107 Å². The summed E-state index contributed by atoms with van der Waals surface area (Å²) in [7, 11) is 0. The van der Waals surface area contributed by atoms with Gasteiger partial charge in [-0.2, -0.15) is 0 Å². The highest BCUT2D eigenvalue weighted by molar-refractivity contribution is 5.31. The Kier molecular flexibility index (Phi) is 3.82. The lowest BCUT2D eigenvalue weighted by Crippen LogP contribution is -2.21. The number of hydrogen-bond acceptors (Lipinski definition) is 2. The Hall–Kier alpha value is -1.61. The molecule has 0 aliphatic heterocycles. The van der Waals surface area contributed by atoms with Crippen LogP contribution < -0.4 is 5.32 Å². The van der Waals surface area contributed by atoms with E-state index in [0.717, 1.165) is 23.6 Å². The normalized spacial score (nSPS) is 12.7. The van der Waals surface area contributed by atoms with E-state index in [-0.39, 0.29) is 11.9 Å². The van der Waals surface area contributed by atoms with Gasteiger partial charge in [0.2, 0.25) is 0 Å². The number of furan rings is 1. The first kappa shape index (κ1) is 12.8. The van der Waals surface area contributed by atoms with E-state index in [1.807, 2.05) is 32.0 Å². The summed E-state index contributed by atoms with van der Waals surface area (Å²) in [4.78, 5) is 0. The molecule has 1 unspecified atom stereocenters. The first-order valence-corrected chi connectivity index (χ1v) is 6.17. The molecule has 2 aromatic rings. The van der Waals surface area contributed by atoms with Crippen molar-refractivity contribution >= 4 is 0 Å². The van der Waals surface area contributed by atoms with Crippen molar-refractivity contribution in [3.8, 4) is 0 Å². The Morgan fingerprint density at radius 2 is 2.00 bits per heavy atom. The van der Waals surface area contributed by atoms with Crippen molar-refractivity contribution in [2.45, 2.75) is 26.8 Å². The number of nitrogens with one attached hydrogen (secondary N) is 1. The Morgan fingerprint density at radius 1 is 1.22 bits per heavy atom. The van der Waals surface area contributed by atoms with Crippen LogP contribution in [0.3, 0.4) is 0 Å². The first-order chi connectivity index (χ1) is 8.61. The number of hydrogen-bond donors (Lipinski definition) is 1. The molecule has 1 aromatic carbocycles. The molecule has 0 radical (unpaired) electrons. The van der Waals surface area contributed by atoms with Crippen molar-refractivity contribution in [1.82, 2.24) is 5.32 Å². The van der Waals surface area contributed by atoms with E-state index in [9.17, 15) is 4.39 Å². The summed E-state index contributed by atoms with van der Waals surface area (Å²) >= 11 is 0. The maximum Gasteiger partial charge on any atom is 0.126 e. The molecule has 96 valence electrons. The molecule has 0 spiro atoms. The maximum atomic E-state index is 13.3. The fourth-order valence-corrected chi connectivity index (χ4v) is 2.04. The largest absolute Gasteiger partial charge is 0.464 e. The fraction of sp³-hybridized carbons (Fsp3) is 0.333. The third-order valence-electron chi connectivity index (χ3n) is 2.97. The highest BCUT2D eigenvalue weighted by atomic mass is 19.1. The van der Waals surface area contributed by atoms with Gasteiger partial charge in [-0.1, -0.05) is 19.1 Å². The van der Waals surface area contributed by atoms with Crippen LogP contribution in [0.15, 0.2) is 34.7 Å². The van der Waals surface area contributed by atoms with Gasteiger partial charge < -0.3 is 9.73 Å². The second-order valence-electron chi connectivity index (χ2n) is 4.45. The zero-order valence-electron chi connectivity index (χ0n) is 11.0. The number of benzene rings is 1. The standard InChI is InChI=1S/C15H18FNO/c1-4-17-15(14-8-5-11(3)18-14)12-6-7-13(16)10(2)9-12/h5-9,15,17H,4H2,1-3H3. The topological polar surface area (TPSA) is 25.2 Å². The minimum absolute atomic E-state index is 0.0250. The molecule has 0 bridgehead atoms. The van der Waals surface area contributed by atoms with Gasteiger partial charge in [0.25, 0.3) is 0 Å². The minimum Gasteiger partial charge on any atom is -0.464 e. The van der Waals surface area contributed by atoms with Crippen LogP contribution in [0.2, 0.25) is 0 Å². The van der Waals surface area contributed by atoms with Crippen molar-refractivity contribution in [2.75, 3.05) is 6.54 Å². The molecule has 3 heteroatoms. The predicted molar refractivity (Wildman–Crippen MR) is 70.1 cm³/mol. The van der Waals surface area contributed by atoms with Gasteiger partial charge >= 0.3 is 0 Å². The van der Waals surface area contributed by atoms with Crippen molar-refractivity contribution in [3.63, 3.8) is 0 Å². The van der Waals surface area contributed by atoms with Crippen LogP contribution in [-0.2, 0) is 0 Å². The lowest BCUT2D eigenvalue weighted by Gasteiger charge is -2.16. The second kappa shape index (κ2) is 5.36. The van der Waals surface area contributed by atoms with Crippen LogP contribution >= 0.6 is 0 Å². The zero-order chi connectivity index (χ0) is 13.1. The van der Waals surface area contributed by atoms with Gasteiger partial charge in [-0.3, -0.25) is 0 Å². The van der Waals surface area contributed by atoms with E-state index in [1.54, 1.807) is 13.0 Å². The predicted octanol–water partition coefficient (Wildman–Crippen LogP) is 3.73. The molecule has 0 aliphatic rings. The quantitative estimate of drug-likeness (QED) is 0.890. The van der Waals surface area contributed by atoms with Gasteiger partial charge in [-0.05, 0) is 49.7 Å². The van der Waals surface area contributed by atoms with Crippen LogP contribution in [0, 0.1) is 19.7 Å². The zero-order valence-corrected chi connectivity index (χ0v) is 11.0. The van der Waals surface area contributed by atoms with Crippen molar-refractivity contribution in [1.29, 1.82) is 0 Å². The molecule has 1 heterocycles. The highest BCUT2D eigenvalue weighted by Crippen LogP contribution is 2.25. The molecule has 1 atom stereocenters. The SMILES string of the molecule is CCNC(c1ccc(F)c(C)c1)c1ccc(C)o1. The van der Waals surface area contributed by atoms with Crippen molar-refractivity contribution in [3.05, 3.63) is 58.8 Å². The van der Waals surface area contributed by atoms with Crippen LogP contribution in [-0.4, -0.2) is 6.54 Å². The minimum atomic E-state index is -0.176. The molecule has 0 aliphatic carbocycles. The molecule has 0 saturated carbocycles. The van der Waals surface area contributed by atoms with Crippen molar-refractivity contribution < 1.29 is 8.81 Å². The number of rotatable bonds is 4. The average molecular weight is 247 g/mol. The Morgan fingerprint density at radius 3 is 2.56 bits per heavy atom. The lowest BCUT2D eigenvalue weighted by molar-refractivity contribution is 0.434. The monoisotopic (exact) mass is 247 g/mol. The van der Waals surface area contributed by atoms with E-state index in [1.165, 1.54) is 6.07 Å². The summed E-state index contributed by atoms with van der Waals surface area (Å²) < 4.78 is 19.0. The van der Waals surface area contributed by atoms with Gasteiger partial charge in [-0.25, -0.2) is 4.39 Å². The molecular formula is C15H18FNO. The summed E-state index contributed by atoms with van der Waals surface area (Å²) in [6, 6.07) is 9.04. The van der Waals surface area contributed by atoms with Gasteiger partial charge in [0.15, 0.2) is 0 Å². The summed E-state index contributed by atoms with van der Waals surface area (Å²) in [5.41, 5.74) is 1.67. The van der Waals surface area contributed by atoms with E-state index in [4.69, 9.17) is 4.42 Å². The number of aryl methyl sites for hydroxylation is 2. The molecule has 0 saturated heterocycles. The van der Waals surface area contributed by atoms with E-state index >= 15 is 0 Å². The lowest BCUT2D eigenvalue weighted by atomic mass is 10.0. The van der Waals surface area contributed by atoms with Crippen LogP contribution in [0.25, 0.3) is 0 Å². The molecule has 1 N–H and O–H groups in total. The summed E-state index contributed by atoms with van der Waals surface area (Å²) in [5, 5.41) is 3.36. The van der Waals surface area contributed by atoms with Gasteiger partial charge in [0, 0.05) is 0 Å². The third kappa shape index (κ3) is 2.62. The molecule has 1 aromatic heterocycles. The van der Waals surface area contributed by atoms with Gasteiger partial charge in [-0.15, -0.1) is 0 Å². The summed E-state index contributed by atoms with van der Waals surface area (Å²) in [6.45, 7) is 6.55. The van der Waals surface area contributed by atoms with Crippen molar-refractivity contribution in [2.24, 2.45) is 0 Å². The molecule has 2 nitrogen and oxygen atoms in total.